The van der Waals surface area contributed by atoms with Crippen molar-refractivity contribution in [3.63, 3.8) is 0 Å². The minimum atomic E-state index is -3.69. The van der Waals surface area contributed by atoms with Gasteiger partial charge in [0.25, 0.3) is 5.91 Å². The molecule has 0 aromatic heterocycles. The van der Waals surface area contributed by atoms with Gasteiger partial charge in [-0.15, -0.1) is 0 Å². The van der Waals surface area contributed by atoms with Crippen molar-refractivity contribution in [2.24, 2.45) is 0 Å². The van der Waals surface area contributed by atoms with E-state index in [0.717, 1.165) is 41.8 Å². The fraction of sp³-hybridized carbons (Fsp3) is 0.417. The van der Waals surface area contributed by atoms with Crippen LogP contribution in [0.15, 0.2) is 48.5 Å². The number of hydrogen-bond acceptors (Lipinski definition) is 4. The first-order valence-corrected chi connectivity index (χ1v) is 12.9. The van der Waals surface area contributed by atoms with Crippen molar-refractivity contribution in [3.05, 3.63) is 59.7 Å². The number of benzene rings is 2. The summed E-state index contributed by atoms with van der Waals surface area (Å²) in [7, 11) is -3.69. The molecule has 2 aromatic carbocycles. The Balaban J connectivity index is 1.77. The zero-order valence-corrected chi connectivity index (χ0v) is 19.5. The summed E-state index contributed by atoms with van der Waals surface area (Å²) < 4.78 is 26.0. The number of carbonyl (C=O) groups is 2. The molecule has 2 aromatic rings. The molecule has 1 fully saturated rings. The number of carbonyl (C=O) groups excluding carboxylic acids is 2. The molecule has 0 aliphatic heterocycles. The first-order valence-electron chi connectivity index (χ1n) is 11.0. The van der Waals surface area contributed by atoms with Crippen LogP contribution >= 0.6 is 0 Å². The van der Waals surface area contributed by atoms with Gasteiger partial charge in [0.1, 0.15) is 6.54 Å². The number of rotatable bonds is 8. The van der Waals surface area contributed by atoms with Crippen LogP contribution in [0, 0.1) is 0 Å². The summed E-state index contributed by atoms with van der Waals surface area (Å²) in [5.41, 5.74) is 2.04. The summed E-state index contributed by atoms with van der Waals surface area (Å²) in [5, 5.41) is 5.79. The van der Waals surface area contributed by atoms with E-state index in [1.165, 1.54) is 6.42 Å². The van der Waals surface area contributed by atoms with E-state index in [9.17, 15) is 18.0 Å². The lowest BCUT2D eigenvalue weighted by Gasteiger charge is -2.25. The SMILES string of the molecule is CCc1ccccc1N(CC(=O)Nc1ccccc1C(=O)NC1CCCCC1)S(C)(=O)=O. The quantitative estimate of drug-likeness (QED) is 0.632. The summed E-state index contributed by atoms with van der Waals surface area (Å²) in [6.07, 6.45) is 7.03. The summed E-state index contributed by atoms with van der Waals surface area (Å²) in [5.74, 6) is -0.747. The van der Waals surface area contributed by atoms with Crippen molar-refractivity contribution in [2.45, 2.75) is 51.5 Å². The maximum atomic E-state index is 12.9. The first-order chi connectivity index (χ1) is 15.3. The molecule has 1 saturated carbocycles. The zero-order chi connectivity index (χ0) is 23.1. The van der Waals surface area contributed by atoms with Crippen LogP contribution in [0.25, 0.3) is 0 Å². The highest BCUT2D eigenvalue weighted by molar-refractivity contribution is 7.92. The van der Waals surface area contributed by atoms with E-state index in [0.29, 0.717) is 23.4 Å². The molecule has 2 N–H and O–H groups in total. The van der Waals surface area contributed by atoms with E-state index in [4.69, 9.17) is 0 Å². The van der Waals surface area contributed by atoms with Gasteiger partial charge >= 0.3 is 0 Å². The maximum Gasteiger partial charge on any atom is 0.253 e. The Morgan fingerprint density at radius 3 is 2.34 bits per heavy atom. The number of para-hydroxylation sites is 2. The number of anilines is 2. The highest BCUT2D eigenvalue weighted by Gasteiger charge is 2.24. The van der Waals surface area contributed by atoms with Crippen LogP contribution in [0.4, 0.5) is 11.4 Å². The van der Waals surface area contributed by atoms with Crippen LogP contribution in [0.2, 0.25) is 0 Å². The molecule has 0 bridgehead atoms. The number of nitrogens with one attached hydrogen (secondary N) is 2. The van der Waals surface area contributed by atoms with E-state index in [1.54, 1.807) is 36.4 Å². The highest BCUT2D eigenvalue weighted by atomic mass is 32.2. The van der Waals surface area contributed by atoms with Crippen LogP contribution in [-0.4, -0.2) is 39.1 Å². The van der Waals surface area contributed by atoms with Crippen LogP contribution in [0.5, 0.6) is 0 Å². The van der Waals surface area contributed by atoms with Crippen LogP contribution in [-0.2, 0) is 21.2 Å². The third kappa shape index (κ3) is 6.09. The Hall–Kier alpha value is -2.87. The molecule has 1 aliphatic rings. The Kier molecular flexibility index (Phi) is 7.90. The molecule has 2 amide bonds. The largest absolute Gasteiger partial charge is 0.349 e. The molecule has 172 valence electrons. The maximum absolute atomic E-state index is 12.9. The summed E-state index contributed by atoms with van der Waals surface area (Å²) in [6.45, 7) is 1.55. The third-order valence-electron chi connectivity index (χ3n) is 5.71. The second-order valence-electron chi connectivity index (χ2n) is 8.15. The van der Waals surface area contributed by atoms with E-state index in [-0.39, 0.29) is 18.5 Å². The van der Waals surface area contributed by atoms with E-state index < -0.39 is 15.9 Å². The van der Waals surface area contributed by atoms with Gasteiger partial charge in [-0.1, -0.05) is 56.5 Å². The van der Waals surface area contributed by atoms with E-state index >= 15 is 0 Å². The van der Waals surface area contributed by atoms with Crippen LogP contribution in [0.3, 0.4) is 0 Å². The fourth-order valence-corrected chi connectivity index (χ4v) is 4.94. The lowest BCUT2D eigenvalue weighted by molar-refractivity contribution is -0.114. The predicted octanol–water partition coefficient (Wildman–Crippen LogP) is 3.72. The van der Waals surface area contributed by atoms with Crippen molar-refractivity contribution < 1.29 is 18.0 Å². The van der Waals surface area contributed by atoms with E-state index in [2.05, 4.69) is 10.6 Å². The number of aryl methyl sites for hydroxylation is 1. The third-order valence-corrected chi connectivity index (χ3v) is 6.84. The molecule has 8 heteroatoms. The molecule has 0 heterocycles. The van der Waals surface area contributed by atoms with E-state index in [1.807, 2.05) is 19.1 Å². The fourth-order valence-electron chi connectivity index (χ4n) is 4.05. The van der Waals surface area contributed by atoms with Crippen LogP contribution < -0.4 is 14.9 Å². The minimum Gasteiger partial charge on any atom is -0.349 e. The normalized spacial score (nSPS) is 14.6. The topological polar surface area (TPSA) is 95.6 Å². The monoisotopic (exact) mass is 457 g/mol. The highest BCUT2D eigenvalue weighted by Crippen LogP contribution is 2.24. The van der Waals surface area contributed by atoms with Gasteiger partial charge in [-0.3, -0.25) is 13.9 Å². The molecular formula is C24H31N3O4S. The first kappa shape index (κ1) is 23.8. The Morgan fingerprint density at radius 2 is 1.66 bits per heavy atom. The summed E-state index contributed by atoms with van der Waals surface area (Å²) in [4.78, 5) is 25.7. The van der Waals surface area contributed by atoms with Gasteiger partial charge in [0.05, 0.1) is 23.2 Å². The number of hydrogen-bond donors (Lipinski definition) is 2. The summed E-state index contributed by atoms with van der Waals surface area (Å²) in [6, 6.07) is 14.0. The molecule has 0 unspecified atom stereocenters. The molecule has 0 atom stereocenters. The van der Waals surface area contributed by atoms with Gasteiger partial charge in [-0.05, 0) is 43.0 Å². The molecule has 7 nitrogen and oxygen atoms in total. The van der Waals surface area contributed by atoms with Gasteiger partial charge in [0, 0.05) is 6.04 Å². The van der Waals surface area contributed by atoms with Crippen LogP contribution in [0.1, 0.15) is 54.9 Å². The Labute approximate surface area is 190 Å². The standard InChI is InChI=1S/C24H31N3O4S/c1-3-18-11-7-10-16-22(18)27(32(2,30)31)17-23(28)26-21-15-9-8-14-20(21)24(29)25-19-12-5-4-6-13-19/h7-11,14-16,19H,3-6,12-13,17H2,1-2H3,(H,25,29)(H,26,28). The average molecular weight is 458 g/mol. The second-order valence-corrected chi connectivity index (χ2v) is 10.1. The molecule has 0 saturated heterocycles. The molecule has 0 spiro atoms. The molecule has 3 rings (SSSR count). The molecule has 1 aliphatic carbocycles. The van der Waals surface area contributed by atoms with Gasteiger partial charge in [-0.2, -0.15) is 0 Å². The minimum absolute atomic E-state index is 0.145. The summed E-state index contributed by atoms with van der Waals surface area (Å²) >= 11 is 0. The predicted molar refractivity (Wildman–Crippen MR) is 127 cm³/mol. The molecule has 0 radical (unpaired) electrons. The smallest absolute Gasteiger partial charge is 0.253 e. The van der Waals surface area contributed by atoms with Crippen molar-refractivity contribution in [1.82, 2.24) is 5.32 Å². The van der Waals surface area contributed by atoms with Crippen molar-refractivity contribution >= 4 is 33.2 Å². The number of nitrogens with zero attached hydrogens (tertiary/aromatic N) is 1. The number of sulfonamides is 1. The lowest BCUT2D eigenvalue weighted by Crippen LogP contribution is -2.39. The lowest BCUT2D eigenvalue weighted by atomic mass is 9.95. The van der Waals surface area contributed by atoms with Gasteiger partial charge in [0.15, 0.2) is 0 Å². The van der Waals surface area contributed by atoms with Crippen molar-refractivity contribution in [2.75, 3.05) is 22.4 Å². The Morgan fingerprint density at radius 1 is 1.00 bits per heavy atom. The van der Waals surface area contributed by atoms with Crippen molar-refractivity contribution in [1.29, 1.82) is 0 Å². The Bertz CT molecular complexity index is 1060. The second kappa shape index (κ2) is 10.6. The average Bonchev–Trinajstić information content (AvgIpc) is 2.77. The zero-order valence-electron chi connectivity index (χ0n) is 18.6. The van der Waals surface area contributed by atoms with Crippen molar-refractivity contribution in [3.8, 4) is 0 Å². The van der Waals surface area contributed by atoms with Gasteiger partial charge in [-0.25, -0.2) is 8.42 Å². The van der Waals surface area contributed by atoms with Gasteiger partial charge in [0.2, 0.25) is 15.9 Å². The molecule has 32 heavy (non-hydrogen) atoms. The molecular weight excluding hydrogens is 426 g/mol. The van der Waals surface area contributed by atoms with Gasteiger partial charge < -0.3 is 10.6 Å². The number of amides is 2.